The van der Waals surface area contributed by atoms with Crippen molar-refractivity contribution in [1.82, 2.24) is 0 Å². The van der Waals surface area contributed by atoms with E-state index in [9.17, 15) is 9.59 Å². The second-order valence-electron chi connectivity index (χ2n) is 5.11. The van der Waals surface area contributed by atoms with Crippen molar-refractivity contribution in [1.29, 1.82) is 0 Å². The molecule has 1 heterocycles. The van der Waals surface area contributed by atoms with Gasteiger partial charge in [-0.1, -0.05) is 42.6 Å². The lowest BCUT2D eigenvalue weighted by Gasteiger charge is -2.30. The van der Waals surface area contributed by atoms with Crippen LogP contribution in [0.2, 0.25) is 0 Å². The minimum Gasteiger partial charge on any atom is -0.424 e. The Bertz CT molecular complexity index is 773. The number of esters is 1. The van der Waals surface area contributed by atoms with Crippen LogP contribution in [0, 0.1) is 0 Å². The van der Waals surface area contributed by atoms with E-state index in [0.29, 0.717) is 0 Å². The zero-order valence-corrected chi connectivity index (χ0v) is 13.8. The molecular formula is C18H15NO4S. The first-order valence-electron chi connectivity index (χ1n) is 7.23. The van der Waals surface area contributed by atoms with E-state index >= 15 is 0 Å². The molecule has 0 unspecified atom stereocenters. The van der Waals surface area contributed by atoms with Crippen LogP contribution < -0.4 is 4.90 Å². The van der Waals surface area contributed by atoms with E-state index in [1.807, 2.05) is 48.5 Å². The van der Waals surface area contributed by atoms with Crippen molar-refractivity contribution in [2.45, 2.75) is 16.7 Å². The summed E-state index contributed by atoms with van der Waals surface area (Å²) in [6.07, 6.45) is -0.607. The molecule has 0 aliphatic carbocycles. The highest BCUT2D eigenvalue weighted by atomic mass is 32.2. The average molecular weight is 341 g/mol. The zero-order valence-electron chi connectivity index (χ0n) is 13.0. The van der Waals surface area contributed by atoms with Crippen molar-refractivity contribution in [3.8, 4) is 0 Å². The van der Waals surface area contributed by atoms with E-state index in [0.717, 1.165) is 21.2 Å². The first kappa shape index (κ1) is 16.1. The van der Waals surface area contributed by atoms with Gasteiger partial charge in [0.2, 0.25) is 6.79 Å². The van der Waals surface area contributed by atoms with E-state index in [1.165, 1.54) is 11.8 Å². The lowest BCUT2D eigenvalue weighted by molar-refractivity contribution is -0.146. The lowest BCUT2D eigenvalue weighted by atomic mass is 10.2. The highest BCUT2D eigenvalue weighted by Gasteiger charge is 2.29. The molecule has 0 spiro atoms. The topological polar surface area (TPSA) is 55.8 Å². The molecule has 0 atom stereocenters. The van der Waals surface area contributed by atoms with Crippen molar-refractivity contribution < 1.29 is 19.1 Å². The Labute approximate surface area is 143 Å². The van der Waals surface area contributed by atoms with Crippen molar-refractivity contribution in [2.75, 3.05) is 11.7 Å². The maximum absolute atomic E-state index is 12.6. The van der Waals surface area contributed by atoms with Crippen molar-refractivity contribution in [3.05, 3.63) is 60.7 Å². The third-order valence-electron chi connectivity index (χ3n) is 3.34. The molecule has 1 aliphatic heterocycles. The SMILES string of the molecule is C=C(C)C(=O)OCOC(=O)N1c2ccccc2Sc2ccccc21. The maximum atomic E-state index is 12.6. The number of rotatable bonds is 3. The number of amides is 1. The summed E-state index contributed by atoms with van der Waals surface area (Å²) in [7, 11) is 0. The normalized spacial score (nSPS) is 12.0. The highest BCUT2D eigenvalue weighted by Crippen LogP contribution is 2.47. The fourth-order valence-corrected chi connectivity index (χ4v) is 3.28. The summed E-state index contributed by atoms with van der Waals surface area (Å²) in [5.74, 6) is -0.599. The molecule has 0 radical (unpaired) electrons. The number of para-hydroxylation sites is 2. The predicted octanol–water partition coefficient (Wildman–Crippen LogP) is 4.50. The summed E-state index contributed by atoms with van der Waals surface area (Å²) in [6.45, 7) is 4.54. The van der Waals surface area contributed by atoms with Gasteiger partial charge in [-0.15, -0.1) is 0 Å². The second-order valence-corrected chi connectivity index (χ2v) is 6.20. The predicted molar refractivity (Wildman–Crippen MR) is 91.4 cm³/mol. The summed E-state index contributed by atoms with van der Waals surface area (Å²) >= 11 is 1.59. The standard InChI is InChI=1S/C18H15NO4S/c1-12(2)17(20)22-11-23-18(21)19-13-7-3-5-9-15(13)24-16-10-6-4-8-14(16)19/h3-10H,1,11H2,2H3. The number of carbonyl (C=O) groups is 2. The molecule has 0 fully saturated rings. The van der Waals surface area contributed by atoms with Gasteiger partial charge in [0.15, 0.2) is 0 Å². The molecule has 1 amide bonds. The van der Waals surface area contributed by atoms with E-state index in [-0.39, 0.29) is 5.57 Å². The maximum Gasteiger partial charge on any atom is 0.421 e. The van der Waals surface area contributed by atoms with Gasteiger partial charge in [0, 0.05) is 15.4 Å². The van der Waals surface area contributed by atoms with E-state index in [1.54, 1.807) is 11.8 Å². The Balaban J connectivity index is 1.83. The first-order chi connectivity index (χ1) is 11.6. The van der Waals surface area contributed by atoms with Gasteiger partial charge >= 0.3 is 12.1 Å². The summed E-state index contributed by atoms with van der Waals surface area (Å²) < 4.78 is 9.94. The average Bonchev–Trinajstić information content (AvgIpc) is 2.59. The van der Waals surface area contributed by atoms with Crippen LogP contribution in [0.3, 0.4) is 0 Å². The van der Waals surface area contributed by atoms with Crippen molar-refractivity contribution in [2.24, 2.45) is 0 Å². The fourth-order valence-electron chi connectivity index (χ4n) is 2.22. The number of ether oxygens (including phenoxy) is 2. The Kier molecular flexibility index (Phi) is 4.57. The van der Waals surface area contributed by atoms with Gasteiger partial charge < -0.3 is 9.47 Å². The van der Waals surface area contributed by atoms with E-state index in [4.69, 9.17) is 9.47 Å². The number of nitrogens with zero attached hydrogens (tertiary/aromatic N) is 1. The molecule has 0 saturated carbocycles. The fraction of sp³-hybridized carbons (Fsp3) is 0.111. The van der Waals surface area contributed by atoms with Gasteiger partial charge in [0.1, 0.15) is 0 Å². The third kappa shape index (κ3) is 3.14. The Hall–Kier alpha value is -2.73. The molecule has 3 rings (SSSR count). The van der Waals surface area contributed by atoms with Gasteiger partial charge in [-0.3, -0.25) is 0 Å². The smallest absolute Gasteiger partial charge is 0.421 e. The molecule has 6 heteroatoms. The first-order valence-corrected chi connectivity index (χ1v) is 8.05. The Morgan fingerprint density at radius 2 is 1.54 bits per heavy atom. The highest BCUT2D eigenvalue weighted by molar-refractivity contribution is 7.99. The summed E-state index contributed by atoms with van der Waals surface area (Å²) in [5, 5.41) is 0. The van der Waals surface area contributed by atoms with Crippen LogP contribution in [0.15, 0.2) is 70.5 Å². The second kappa shape index (κ2) is 6.80. The van der Waals surface area contributed by atoms with Gasteiger partial charge in [-0.25, -0.2) is 14.5 Å². The Morgan fingerprint density at radius 3 is 2.08 bits per heavy atom. The number of anilines is 2. The van der Waals surface area contributed by atoms with Crippen LogP contribution in [-0.2, 0) is 14.3 Å². The molecule has 5 nitrogen and oxygen atoms in total. The van der Waals surface area contributed by atoms with Gasteiger partial charge in [0.25, 0.3) is 0 Å². The minimum atomic E-state index is -0.607. The van der Waals surface area contributed by atoms with Crippen LogP contribution >= 0.6 is 11.8 Å². The van der Waals surface area contributed by atoms with E-state index in [2.05, 4.69) is 6.58 Å². The van der Waals surface area contributed by atoms with E-state index < -0.39 is 18.9 Å². The molecule has 24 heavy (non-hydrogen) atoms. The van der Waals surface area contributed by atoms with Crippen LogP contribution in [0.25, 0.3) is 0 Å². The zero-order chi connectivity index (χ0) is 17.1. The number of benzene rings is 2. The molecule has 0 aromatic heterocycles. The van der Waals surface area contributed by atoms with Crippen LogP contribution in [0.5, 0.6) is 0 Å². The molecule has 1 aliphatic rings. The molecule has 0 bridgehead atoms. The Morgan fingerprint density at radius 1 is 1.00 bits per heavy atom. The lowest BCUT2D eigenvalue weighted by Crippen LogP contribution is -2.30. The van der Waals surface area contributed by atoms with Crippen LogP contribution in [0.4, 0.5) is 16.2 Å². The molecular weight excluding hydrogens is 326 g/mol. The molecule has 122 valence electrons. The summed E-state index contributed by atoms with van der Waals surface area (Å²) in [4.78, 5) is 27.3. The number of hydrogen-bond acceptors (Lipinski definition) is 5. The quantitative estimate of drug-likeness (QED) is 0.467. The van der Waals surface area contributed by atoms with Crippen LogP contribution in [-0.4, -0.2) is 18.9 Å². The minimum absolute atomic E-state index is 0.246. The van der Waals surface area contributed by atoms with Crippen LogP contribution in [0.1, 0.15) is 6.92 Å². The summed E-state index contributed by atoms with van der Waals surface area (Å²) in [5.41, 5.74) is 1.71. The molecule has 0 saturated heterocycles. The van der Waals surface area contributed by atoms with Crippen molar-refractivity contribution >= 4 is 35.2 Å². The molecule has 2 aromatic carbocycles. The number of hydrogen-bond donors (Lipinski definition) is 0. The monoisotopic (exact) mass is 341 g/mol. The number of fused-ring (bicyclic) bond motifs is 2. The van der Waals surface area contributed by atoms with Gasteiger partial charge in [-0.05, 0) is 31.2 Å². The molecule has 2 aromatic rings. The van der Waals surface area contributed by atoms with Crippen molar-refractivity contribution in [3.63, 3.8) is 0 Å². The largest absolute Gasteiger partial charge is 0.424 e. The molecule has 0 N–H and O–H groups in total. The van der Waals surface area contributed by atoms with Gasteiger partial charge in [0.05, 0.1) is 11.4 Å². The van der Waals surface area contributed by atoms with Gasteiger partial charge in [-0.2, -0.15) is 0 Å². The number of carbonyl (C=O) groups excluding carboxylic acids is 2. The third-order valence-corrected chi connectivity index (χ3v) is 4.47. The summed E-state index contributed by atoms with van der Waals surface area (Å²) in [6, 6.07) is 15.1.